The number of carbonyl (C=O) groups excluding carboxylic acids is 1. The average molecular weight is 472 g/mol. The zero-order valence-electron chi connectivity index (χ0n) is 19.4. The fourth-order valence-corrected chi connectivity index (χ4v) is 5.12. The minimum atomic E-state index is 0.00929. The number of carbonyl (C=O) groups is 1. The van der Waals surface area contributed by atoms with Crippen molar-refractivity contribution in [3.63, 3.8) is 0 Å². The van der Waals surface area contributed by atoms with E-state index in [0.717, 1.165) is 54.9 Å². The molecule has 34 heavy (non-hydrogen) atoms. The van der Waals surface area contributed by atoms with Crippen LogP contribution in [0, 0.1) is 6.92 Å². The van der Waals surface area contributed by atoms with Crippen LogP contribution in [-0.4, -0.2) is 34.9 Å². The number of nitrogens with one attached hydrogen (secondary N) is 1. The van der Waals surface area contributed by atoms with Crippen molar-refractivity contribution in [3.8, 4) is 0 Å². The molecule has 0 bridgehead atoms. The molecule has 174 valence electrons. The Balaban J connectivity index is 1.09. The van der Waals surface area contributed by atoms with Gasteiger partial charge in [-0.15, -0.1) is 0 Å². The number of thioether (sulfide) groups is 1. The van der Waals surface area contributed by atoms with Gasteiger partial charge in [-0.25, -0.2) is 4.98 Å². The van der Waals surface area contributed by atoms with Gasteiger partial charge in [0.2, 0.25) is 0 Å². The molecule has 1 aromatic heterocycles. The van der Waals surface area contributed by atoms with Crippen LogP contribution in [0.25, 0.3) is 11.1 Å². The number of aryl methyl sites for hydroxylation is 1. The zero-order chi connectivity index (χ0) is 23.3. The lowest BCUT2D eigenvalue weighted by molar-refractivity contribution is 0.0909. The van der Waals surface area contributed by atoms with E-state index < -0.39 is 0 Å². The summed E-state index contributed by atoms with van der Waals surface area (Å²) >= 11 is 1.57. The van der Waals surface area contributed by atoms with Crippen LogP contribution >= 0.6 is 11.8 Å². The predicted molar refractivity (Wildman–Crippen MR) is 137 cm³/mol. The van der Waals surface area contributed by atoms with Crippen LogP contribution in [0.5, 0.6) is 0 Å². The number of amides is 1. The number of benzene rings is 3. The smallest absolute Gasteiger partial charge is 0.257 e. The molecule has 1 aliphatic heterocycles. The molecular formula is C28H29N3O2S. The summed E-state index contributed by atoms with van der Waals surface area (Å²) in [6.07, 6.45) is 1.97. The summed E-state index contributed by atoms with van der Waals surface area (Å²) in [6.45, 7) is 5.04. The number of hydrogen-bond acceptors (Lipinski definition) is 5. The van der Waals surface area contributed by atoms with Gasteiger partial charge in [0.25, 0.3) is 11.1 Å². The van der Waals surface area contributed by atoms with Gasteiger partial charge in [-0.3, -0.25) is 9.69 Å². The number of likely N-dealkylation sites (tertiary alicyclic amines) is 1. The first kappa shape index (κ1) is 22.7. The Morgan fingerprint density at radius 1 is 1.03 bits per heavy atom. The molecule has 1 aliphatic rings. The Bertz CT molecular complexity index is 1250. The molecule has 1 fully saturated rings. The third-order valence-corrected chi connectivity index (χ3v) is 7.17. The molecule has 0 saturated carbocycles. The molecule has 3 aromatic carbocycles. The van der Waals surface area contributed by atoms with Crippen LogP contribution in [0.1, 0.15) is 39.9 Å². The SMILES string of the molecule is Cc1ccc2oc(SCc3ccc(C(=O)NC4CCN(Cc5ccccc5)CC4)cc3)nc2c1. The van der Waals surface area contributed by atoms with Crippen molar-refractivity contribution in [1.29, 1.82) is 0 Å². The molecule has 0 spiro atoms. The van der Waals surface area contributed by atoms with Gasteiger partial charge in [-0.2, -0.15) is 0 Å². The number of aromatic nitrogens is 1. The molecule has 0 aliphatic carbocycles. The van der Waals surface area contributed by atoms with Gasteiger partial charge in [0.1, 0.15) is 5.52 Å². The van der Waals surface area contributed by atoms with E-state index in [1.54, 1.807) is 11.8 Å². The number of piperidine rings is 1. The van der Waals surface area contributed by atoms with Gasteiger partial charge in [0.05, 0.1) is 0 Å². The zero-order valence-corrected chi connectivity index (χ0v) is 20.2. The highest BCUT2D eigenvalue weighted by atomic mass is 32.2. The summed E-state index contributed by atoms with van der Waals surface area (Å²) in [4.78, 5) is 19.8. The molecule has 0 unspecified atom stereocenters. The molecule has 1 saturated heterocycles. The van der Waals surface area contributed by atoms with Crippen molar-refractivity contribution in [2.45, 2.75) is 43.3 Å². The van der Waals surface area contributed by atoms with Gasteiger partial charge in [0.15, 0.2) is 5.58 Å². The maximum Gasteiger partial charge on any atom is 0.257 e. The Morgan fingerprint density at radius 3 is 2.56 bits per heavy atom. The quantitative estimate of drug-likeness (QED) is 0.344. The molecule has 4 aromatic rings. The maximum absolute atomic E-state index is 12.7. The number of rotatable bonds is 7. The molecule has 5 rings (SSSR count). The lowest BCUT2D eigenvalue weighted by atomic mass is 10.0. The summed E-state index contributed by atoms with van der Waals surface area (Å²) in [6, 6.07) is 24.7. The van der Waals surface area contributed by atoms with Crippen LogP contribution < -0.4 is 5.32 Å². The van der Waals surface area contributed by atoms with Crippen molar-refractivity contribution in [2.75, 3.05) is 13.1 Å². The standard InChI is InChI=1S/C28H29N3O2S/c1-20-7-12-26-25(17-20)30-28(33-26)34-19-22-8-10-23(11-9-22)27(32)29-24-13-15-31(16-14-24)18-21-5-3-2-4-6-21/h2-12,17,24H,13-16,18-19H2,1H3,(H,29,32). The number of nitrogens with zero attached hydrogens (tertiary/aromatic N) is 2. The van der Waals surface area contributed by atoms with Crippen molar-refractivity contribution < 1.29 is 9.21 Å². The topological polar surface area (TPSA) is 58.4 Å². The van der Waals surface area contributed by atoms with Gasteiger partial charge in [0, 0.05) is 37.0 Å². The van der Waals surface area contributed by atoms with E-state index in [2.05, 4.69) is 45.5 Å². The highest BCUT2D eigenvalue weighted by Crippen LogP contribution is 2.27. The Kier molecular flexibility index (Phi) is 6.97. The largest absolute Gasteiger partial charge is 0.431 e. The fourth-order valence-electron chi connectivity index (χ4n) is 4.32. The Morgan fingerprint density at radius 2 is 1.79 bits per heavy atom. The number of oxazole rings is 1. The highest BCUT2D eigenvalue weighted by molar-refractivity contribution is 7.98. The van der Waals surface area contributed by atoms with E-state index in [9.17, 15) is 4.79 Å². The maximum atomic E-state index is 12.7. The molecule has 0 radical (unpaired) electrons. The van der Waals surface area contributed by atoms with Crippen molar-refractivity contribution in [2.24, 2.45) is 0 Å². The van der Waals surface area contributed by atoms with E-state index >= 15 is 0 Å². The normalized spacial score (nSPS) is 15.0. The lowest BCUT2D eigenvalue weighted by Gasteiger charge is -2.32. The Hall–Kier alpha value is -3.09. The first-order chi connectivity index (χ1) is 16.6. The fraction of sp³-hybridized carbons (Fsp3) is 0.286. The minimum Gasteiger partial charge on any atom is -0.431 e. The van der Waals surface area contributed by atoms with Gasteiger partial charge >= 0.3 is 0 Å². The van der Waals surface area contributed by atoms with Crippen LogP contribution in [0.3, 0.4) is 0 Å². The lowest BCUT2D eigenvalue weighted by Crippen LogP contribution is -2.44. The van der Waals surface area contributed by atoms with Crippen LogP contribution in [0.15, 0.2) is 82.4 Å². The third kappa shape index (κ3) is 5.69. The van der Waals surface area contributed by atoms with Gasteiger partial charge < -0.3 is 9.73 Å². The van der Waals surface area contributed by atoms with E-state index in [-0.39, 0.29) is 11.9 Å². The number of hydrogen-bond donors (Lipinski definition) is 1. The first-order valence-corrected chi connectivity index (χ1v) is 12.8. The summed E-state index contributed by atoms with van der Waals surface area (Å²) in [5, 5.41) is 3.89. The molecule has 6 heteroatoms. The Labute approximate surface area is 204 Å². The molecule has 1 amide bonds. The molecule has 2 heterocycles. The van der Waals surface area contributed by atoms with Crippen LogP contribution in [0.4, 0.5) is 0 Å². The highest BCUT2D eigenvalue weighted by Gasteiger charge is 2.21. The minimum absolute atomic E-state index is 0.00929. The predicted octanol–water partition coefficient (Wildman–Crippen LogP) is 5.82. The third-order valence-electron chi connectivity index (χ3n) is 6.27. The summed E-state index contributed by atoms with van der Waals surface area (Å²) in [5.74, 6) is 0.753. The van der Waals surface area contributed by atoms with E-state index in [1.165, 1.54) is 11.1 Å². The summed E-state index contributed by atoms with van der Waals surface area (Å²) in [5.41, 5.74) is 6.05. The monoisotopic (exact) mass is 471 g/mol. The molecule has 5 nitrogen and oxygen atoms in total. The molecular weight excluding hydrogens is 442 g/mol. The van der Waals surface area contributed by atoms with Crippen LogP contribution in [0.2, 0.25) is 0 Å². The van der Waals surface area contributed by atoms with Crippen molar-refractivity contribution in [3.05, 3.63) is 95.1 Å². The van der Waals surface area contributed by atoms with Crippen LogP contribution in [-0.2, 0) is 12.3 Å². The number of fused-ring (bicyclic) bond motifs is 1. The second-order valence-electron chi connectivity index (χ2n) is 8.95. The summed E-state index contributed by atoms with van der Waals surface area (Å²) in [7, 11) is 0. The average Bonchev–Trinajstić information content (AvgIpc) is 3.27. The van der Waals surface area contributed by atoms with E-state index in [4.69, 9.17) is 4.42 Å². The van der Waals surface area contributed by atoms with Crippen molar-refractivity contribution >= 4 is 28.8 Å². The summed E-state index contributed by atoms with van der Waals surface area (Å²) < 4.78 is 5.82. The van der Waals surface area contributed by atoms with Gasteiger partial charge in [-0.05, 0) is 60.7 Å². The second-order valence-corrected chi connectivity index (χ2v) is 9.87. The second kappa shape index (κ2) is 10.5. The molecule has 1 N–H and O–H groups in total. The van der Waals surface area contributed by atoms with Crippen molar-refractivity contribution in [1.82, 2.24) is 15.2 Å². The van der Waals surface area contributed by atoms with E-state index in [0.29, 0.717) is 10.8 Å². The first-order valence-electron chi connectivity index (χ1n) is 11.8. The van der Waals surface area contributed by atoms with Gasteiger partial charge in [-0.1, -0.05) is 60.3 Å². The molecule has 0 atom stereocenters. The van der Waals surface area contributed by atoms with E-state index in [1.807, 2.05) is 49.4 Å².